The molecule has 0 saturated heterocycles. The van der Waals surface area contributed by atoms with Crippen molar-refractivity contribution in [2.24, 2.45) is 0 Å². The van der Waals surface area contributed by atoms with Gasteiger partial charge in [0.2, 0.25) is 5.88 Å². The molecule has 0 bridgehead atoms. The van der Waals surface area contributed by atoms with Crippen LogP contribution in [-0.2, 0) is 0 Å². The number of nitrogens with zero attached hydrogens (tertiary/aromatic N) is 2. The van der Waals surface area contributed by atoms with Crippen molar-refractivity contribution >= 4 is 26.8 Å². The van der Waals surface area contributed by atoms with E-state index in [1.807, 2.05) is 6.07 Å². The SMILES string of the molecule is N#Cc1cc(Oc2ncc3[nH]ccc3c2Br)ccc1F. The molecule has 1 aromatic carbocycles. The molecular weight excluding hydrogens is 325 g/mol. The Balaban J connectivity index is 2.01. The number of benzene rings is 1. The summed E-state index contributed by atoms with van der Waals surface area (Å²) in [6.07, 6.45) is 3.44. The standard InChI is InChI=1S/C14H7BrFN3O/c15-13-10-3-4-18-12(10)7-19-14(13)20-9-1-2-11(16)8(5-9)6-17/h1-5,7,18H. The molecule has 2 heterocycles. The fourth-order valence-corrected chi connectivity index (χ4v) is 2.34. The maximum absolute atomic E-state index is 13.2. The fraction of sp³-hybridized carbons (Fsp3) is 0. The molecule has 3 rings (SSSR count). The van der Waals surface area contributed by atoms with Crippen LogP contribution in [0.1, 0.15) is 5.56 Å². The Hall–Kier alpha value is -2.39. The number of ether oxygens (including phenoxy) is 1. The Kier molecular flexibility index (Phi) is 3.12. The van der Waals surface area contributed by atoms with E-state index in [0.29, 0.717) is 16.1 Å². The number of halogens is 2. The lowest BCUT2D eigenvalue weighted by molar-refractivity contribution is 0.459. The third kappa shape index (κ3) is 2.12. The second-order valence-corrected chi connectivity index (χ2v) is 4.83. The highest BCUT2D eigenvalue weighted by Gasteiger charge is 2.11. The second-order valence-electron chi connectivity index (χ2n) is 4.04. The summed E-state index contributed by atoms with van der Waals surface area (Å²) < 4.78 is 19.5. The van der Waals surface area contributed by atoms with E-state index in [4.69, 9.17) is 10.00 Å². The minimum Gasteiger partial charge on any atom is -0.438 e. The van der Waals surface area contributed by atoms with E-state index in [-0.39, 0.29) is 5.56 Å². The van der Waals surface area contributed by atoms with Gasteiger partial charge in [-0.3, -0.25) is 0 Å². The topological polar surface area (TPSA) is 61.7 Å². The van der Waals surface area contributed by atoms with Crippen molar-refractivity contribution in [1.82, 2.24) is 9.97 Å². The molecule has 0 amide bonds. The third-order valence-corrected chi connectivity index (χ3v) is 3.55. The Morgan fingerprint density at radius 1 is 1.35 bits per heavy atom. The van der Waals surface area contributed by atoms with Crippen LogP contribution in [0.3, 0.4) is 0 Å². The number of hydrogen-bond acceptors (Lipinski definition) is 3. The lowest BCUT2D eigenvalue weighted by Gasteiger charge is -2.07. The zero-order valence-electron chi connectivity index (χ0n) is 10.0. The highest BCUT2D eigenvalue weighted by molar-refractivity contribution is 9.10. The number of fused-ring (bicyclic) bond motifs is 1. The highest BCUT2D eigenvalue weighted by atomic mass is 79.9. The summed E-state index contributed by atoms with van der Waals surface area (Å²) in [5, 5.41) is 9.73. The first-order chi connectivity index (χ1) is 9.69. The molecule has 0 aliphatic heterocycles. The van der Waals surface area contributed by atoms with Crippen LogP contribution in [0.15, 0.2) is 41.1 Å². The normalized spacial score (nSPS) is 10.4. The average molecular weight is 332 g/mol. The van der Waals surface area contributed by atoms with Gasteiger partial charge >= 0.3 is 0 Å². The first-order valence-corrected chi connectivity index (χ1v) is 6.47. The van der Waals surface area contributed by atoms with E-state index in [1.165, 1.54) is 18.2 Å². The predicted molar refractivity (Wildman–Crippen MR) is 75.0 cm³/mol. The Morgan fingerprint density at radius 3 is 3.00 bits per heavy atom. The molecule has 6 heteroatoms. The van der Waals surface area contributed by atoms with Crippen LogP contribution in [0.5, 0.6) is 11.6 Å². The van der Waals surface area contributed by atoms with E-state index < -0.39 is 5.82 Å². The molecule has 98 valence electrons. The van der Waals surface area contributed by atoms with Gasteiger partial charge in [0.15, 0.2) is 0 Å². The zero-order chi connectivity index (χ0) is 14.1. The van der Waals surface area contributed by atoms with Crippen LogP contribution in [0, 0.1) is 17.1 Å². The molecule has 0 unspecified atom stereocenters. The number of nitrogens with one attached hydrogen (secondary N) is 1. The number of pyridine rings is 1. The van der Waals surface area contributed by atoms with Gasteiger partial charge in [0.25, 0.3) is 0 Å². The molecule has 0 aliphatic carbocycles. The fourth-order valence-electron chi connectivity index (χ4n) is 1.81. The Morgan fingerprint density at radius 2 is 2.20 bits per heavy atom. The number of hydrogen-bond donors (Lipinski definition) is 1. The molecule has 3 aromatic rings. The number of aromatic amines is 1. The quantitative estimate of drug-likeness (QED) is 0.768. The molecule has 4 nitrogen and oxygen atoms in total. The summed E-state index contributed by atoms with van der Waals surface area (Å²) in [5.41, 5.74) is 0.808. The maximum atomic E-state index is 13.2. The maximum Gasteiger partial charge on any atom is 0.234 e. The van der Waals surface area contributed by atoms with Gasteiger partial charge in [-0.05, 0) is 34.1 Å². The van der Waals surface area contributed by atoms with Crippen LogP contribution in [0.2, 0.25) is 0 Å². The van der Waals surface area contributed by atoms with Gasteiger partial charge < -0.3 is 9.72 Å². The lowest BCUT2D eigenvalue weighted by atomic mass is 10.2. The molecule has 0 atom stereocenters. The van der Waals surface area contributed by atoms with Gasteiger partial charge in [-0.2, -0.15) is 5.26 Å². The molecule has 1 N–H and O–H groups in total. The Bertz CT molecular complexity index is 838. The Labute approximate surface area is 122 Å². The van der Waals surface area contributed by atoms with Crippen LogP contribution >= 0.6 is 15.9 Å². The minimum atomic E-state index is -0.576. The summed E-state index contributed by atoms with van der Waals surface area (Å²) in [6.45, 7) is 0. The second kappa shape index (κ2) is 4.94. The molecule has 0 fully saturated rings. The number of nitriles is 1. The molecule has 0 radical (unpaired) electrons. The van der Waals surface area contributed by atoms with Crippen molar-refractivity contribution in [3.05, 3.63) is 52.5 Å². The van der Waals surface area contributed by atoms with Crippen molar-refractivity contribution in [3.63, 3.8) is 0 Å². The molecule has 0 aliphatic rings. The van der Waals surface area contributed by atoms with E-state index in [0.717, 1.165) is 10.9 Å². The summed E-state index contributed by atoms with van der Waals surface area (Å²) in [7, 11) is 0. The van der Waals surface area contributed by atoms with Crippen molar-refractivity contribution < 1.29 is 9.13 Å². The van der Waals surface area contributed by atoms with Crippen molar-refractivity contribution in [1.29, 1.82) is 5.26 Å². The highest BCUT2D eigenvalue weighted by Crippen LogP contribution is 2.33. The molecule has 0 spiro atoms. The zero-order valence-corrected chi connectivity index (χ0v) is 11.6. The number of aromatic nitrogens is 2. The molecule has 0 saturated carbocycles. The van der Waals surface area contributed by atoms with E-state index in [2.05, 4.69) is 25.9 Å². The van der Waals surface area contributed by atoms with Gasteiger partial charge in [-0.25, -0.2) is 9.37 Å². The van der Waals surface area contributed by atoms with E-state index in [1.54, 1.807) is 18.5 Å². The van der Waals surface area contributed by atoms with Crippen molar-refractivity contribution in [2.45, 2.75) is 0 Å². The van der Waals surface area contributed by atoms with Crippen LogP contribution in [-0.4, -0.2) is 9.97 Å². The van der Waals surface area contributed by atoms with Crippen molar-refractivity contribution in [2.75, 3.05) is 0 Å². The van der Waals surface area contributed by atoms with Gasteiger partial charge in [0, 0.05) is 17.6 Å². The third-order valence-electron chi connectivity index (χ3n) is 2.79. The largest absolute Gasteiger partial charge is 0.438 e. The average Bonchev–Trinajstić information content (AvgIpc) is 2.93. The lowest BCUT2D eigenvalue weighted by Crippen LogP contribution is -1.91. The number of H-pyrrole nitrogens is 1. The van der Waals surface area contributed by atoms with Gasteiger partial charge in [0.1, 0.15) is 17.6 Å². The predicted octanol–water partition coefficient (Wildman–Crippen LogP) is 4.13. The first kappa shape index (κ1) is 12.6. The van der Waals surface area contributed by atoms with Crippen LogP contribution < -0.4 is 4.74 Å². The van der Waals surface area contributed by atoms with Gasteiger partial charge in [0.05, 0.1) is 21.7 Å². The summed E-state index contributed by atoms with van der Waals surface area (Å²) in [6, 6.07) is 7.64. The van der Waals surface area contributed by atoms with Gasteiger partial charge in [-0.15, -0.1) is 0 Å². The number of rotatable bonds is 2. The monoisotopic (exact) mass is 331 g/mol. The van der Waals surface area contributed by atoms with E-state index in [9.17, 15) is 4.39 Å². The summed E-state index contributed by atoms with van der Waals surface area (Å²) in [4.78, 5) is 7.21. The van der Waals surface area contributed by atoms with Crippen molar-refractivity contribution in [3.8, 4) is 17.7 Å². The van der Waals surface area contributed by atoms with Crippen LogP contribution in [0.25, 0.3) is 10.9 Å². The van der Waals surface area contributed by atoms with Crippen LogP contribution in [0.4, 0.5) is 4.39 Å². The molecule has 20 heavy (non-hydrogen) atoms. The summed E-state index contributed by atoms with van der Waals surface area (Å²) in [5.74, 6) is 0.131. The van der Waals surface area contributed by atoms with Gasteiger partial charge in [-0.1, -0.05) is 0 Å². The molecule has 2 aromatic heterocycles. The summed E-state index contributed by atoms with van der Waals surface area (Å²) >= 11 is 3.42. The first-order valence-electron chi connectivity index (χ1n) is 5.68. The molecular formula is C14H7BrFN3O. The minimum absolute atomic E-state index is 0.0682. The van der Waals surface area contributed by atoms with E-state index >= 15 is 0 Å². The smallest absolute Gasteiger partial charge is 0.234 e.